The molecule has 16 nitrogen and oxygen atoms in total. The number of carbonyl (C=O) groups is 6. The Bertz CT molecular complexity index is 2610. The van der Waals surface area contributed by atoms with E-state index in [0.717, 1.165) is 38.5 Å². The van der Waals surface area contributed by atoms with E-state index in [4.69, 9.17) is 16.2 Å². The molecule has 0 aliphatic carbocycles. The number of nitrogens with zero attached hydrogens (tertiary/aromatic N) is 3. The highest BCUT2D eigenvalue weighted by molar-refractivity contribution is 7.13. The second kappa shape index (κ2) is 24.2. The van der Waals surface area contributed by atoms with E-state index in [0.29, 0.717) is 56.3 Å². The number of halogens is 2. The number of rotatable bonds is 20. The van der Waals surface area contributed by atoms with Gasteiger partial charge < -0.3 is 42.2 Å². The summed E-state index contributed by atoms with van der Waals surface area (Å²) < 4.78 is 21.2. The fourth-order valence-electron chi connectivity index (χ4n) is 9.73. The Hall–Kier alpha value is -5.95. The van der Waals surface area contributed by atoms with Crippen molar-refractivity contribution in [2.45, 2.75) is 148 Å². The fraction of sp³-hybridized carbons (Fsp3) is 0.491. The first-order chi connectivity index (χ1) is 33.8. The molecule has 0 radical (unpaired) electrons. The molecule has 72 heavy (non-hydrogen) atoms. The molecule has 0 spiro atoms. The molecular formula is C53H68ClFN8O8S. The average Bonchev–Trinajstić information content (AvgIpc) is 4.05. The molecule has 1 fully saturated rings. The van der Waals surface area contributed by atoms with Crippen LogP contribution in [-0.4, -0.2) is 99.9 Å². The van der Waals surface area contributed by atoms with Gasteiger partial charge in [-0.2, -0.15) is 0 Å². The number of amides is 6. The van der Waals surface area contributed by atoms with Gasteiger partial charge in [0.2, 0.25) is 35.4 Å². The zero-order valence-corrected chi connectivity index (χ0v) is 43.2. The number of aliphatic hydroxyl groups is 1. The summed E-state index contributed by atoms with van der Waals surface area (Å²) in [6, 6.07) is 13.5. The van der Waals surface area contributed by atoms with Crippen LogP contribution in [0, 0.1) is 18.2 Å². The molecular weight excluding hydrogens is 963 g/mol. The van der Waals surface area contributed by atoms with Crippen molar-refractivity contribution in [3.05, 3.63) is 99.9 Å². The number of para-hydroxylation sites is 1. The Labute approximate surface area is 430 Å². The minimum atomic E-state index is -0.971. The molecule has 0 unspecified atom stereocenters. The van der Waals surface area contributed by atoms with Gasteiger partial charge in [0.15, 0.2) is 0 Å². The van der Waals surface area contributed by atoms with Gasteiger partial charge in [-0.3, -0.25) is 33.7 Å². The molecule has 3 aliphatic heterocycles. The van der Waals surface area contributed by atoms with Gasteiger partial charge in [-0.15, -0.1) is 23.7 Å². The third-order valence-electron chi connectivity index (χ3n) is 13.7. The summed E-state index contributed by atoms with van der Waals surface area (Å²) in [6.45, 7) is 9.23. The summed E-state index contributed by atoms with van der Waals surface area (Å²) in [5.41, 5.74) is 18.6. The predicted octanol–water partition coefficient (Wildman–Crippen LogP) is 5.51. The predicted molar refractivity (Wildman–Crippen MR) is 276 cm³/mol. The van der Waals surface area contributed by atoms with Crippen LogP contribution in [0.15, 0.2) is 66.2 Å². The van der Waals surface area contributed by atoms with Gasteiger partial charge in [0, 0.05) is 32.2 Å². The Balaban J connectivity index is 0.00000847. The lowest BCUT2D eigenvalue weighted by Gasteiger charge is -2.35. The van der Waals surface area contributed by atoms with Crippen LogP contribution in [0.4, 0.5) is 10.1 Å². The molecule has 4 heterocycles. The van der Waals surface area contributed by atoms with Crippen LogP contribution in [0.1, 0.15) is 113 Å². The fourth-order valence-corrected chi connectivity index (χ4v) is 10.5. The molecule has 3 aliphatic rings. The van der Waals surface area contributed by atoms with E-state index >= 15 is 4.39 Å². The van der Waals surface area contributed by atoms with E-state index in [9.17, 15) is 33.9 Å². The largest absolute Gasteiger partial charge is 0.491 e. The topological polar surface area (TPSA) is 239 Å². The van der Waals surface area contributed by atoms with E-state index in [1.54, 1.807) is 22.9 Å². The number of hydrogen-bond donors (Lipinski definition) is 6. The number of nitrogens with two attached hydrogens (primary N) is 2. The Morgan fingerprint density at radius 1 is 0.958 bits per heavy atom. The van der Waals surface area contributed by atoms with E-state index < -0.39 is 71.2 Å². The first-order valence-electron chi connectivity index (χ1n) is 24.6. The summed E-state index contributed by atoms with van der Waals surface area (Å²) in [6.07, 6.45) is 2.79. The second-order valence-corrected chi connectivity index (χ2v) is 21.1. The molecule has 8 N–H and O–H groups in total. The number of nitrogens with one attached hydrogen (secondary N) is 3. The number of carbonyl (C=O) groups excluding carboxylic acids is 6. The summed E-state index contributed by atoms with van der Waals surface area (Å²) in [4.78, 5) is 88.6. The monoisotopic (exact) mass is 1030 g/mol. The molecule has 7 rings (SSSR count). The lowest BCUT2D eigenvalue weighted by Crippen LogP contribution is -2.57. The third kappa shape index (κ3) is 13.4. The quantitative estimate of drug-likeness (QED) is 0.0607. The minimum Gasteiger partial charge on any atom is -0.491 e. The van der Waals surface area contributed by atoms with E-state index in [2.05, 4.69) is 20.9 Å². The molecule has 6 amide bonds. The average molecular weight is 1030 g/mol. The Morgan fingerprint density at radius 2 is 1.68 bits per heavy atom. The molecule has 0 bridgehead atoms. The van der Waals surface area contributed by atoms with E-state index in [1.807, 2.05) is 77.1 Å². The van der Waals surface area contributed by atoms with Gasteiger partial charge in [-0.05, 0) is 104 Å². The third-order valence-corrected chi connectivity index (χ3v) is 14.7. The summed E-state index contributed by atoms with van der Waals surface area (Å²) >= 11 is 1.56. The maximum Gasteiger partial charge on any atom is 0.246 e. The number of benzene rings is 3. The standard InChI is InChI=1S/C53H67FN8O8S.ClH/c1-30(32-14-16-34(17-15-32)47-31(2)57-29-71-47)58-49(66)42-26-38(63)27-61(42)52(69)48(53(3,4)5)60-45(65)13-8-6-7-10-35-24-39(20-21-40(35)54)70-28-37(19-23-44(56)64)59-50(67)43-25-36-12-9-11-33-18-22-41(55)51(68)62(43)46(33)36;/h9,11-12,14-17,20-21,24,29-30,37-38,41-43,48,63H,6-8,10,13,18-19,22-23,25-28,55H2,1-5H3,(H2,56,64)(H,58,66)(H,59,67)(H,60,65);1H/t30-,37-,38+,41-,42-,43-,48+;/m0./s1. The van der Waals surface area contributed by atoms with Gasteiger partial charge in [0.1, 0.15) is 36.3 Å². The number of aromatic nitrogens is 1. The van der Waals surface area contributed by atoms with Gasteiger partial charge in [-0.1, -0.05) is 69.7 Å². The van der Waals surface area contributed by atoms with Crippen LogP contribution < -0.4 is 37.1 Å². The zero-order valence-electron chi connectivity index (χ0n) is 41.6. The molecule has 1 saturated heterocycles. The SMILES string of the molecule is Cc1ncsc1-c1ccc([C@H](C)NC(=O)[C@@H]2C[C@@H](O)CN2C(=O)[C@@H](NC(=O)CCCCCc2cc(OC[C@H](CCC(N)=O)NC(=O)[C@@H]3Cc4cccc5c4N3C(=O)[C@@H](N)CC5)ccc2F)C(C)(C)C)cc1.Cl. The van der Waals surface area contributed by atoms with Crippen molar-refractivity contribution >= 4 is 64.9 Å². The van der Waals surface area contributed by atoms with Crippen LogP contribution in [0.5, 0.6) is 5.75 Å². The van der Waals surface area contributed by atoms with Gasteiger partial charge in [-0.25, -0.2) is 9.37 Å². The van der Waals surface area contributed by atoms with Crippen molar-refractivity contribution in [2.75, 3.05) is 18.1 Å². The number of anilines is 1. The van der Waals surface area contributed by atoms with E-state index in [1.165, 1.54) is 21.9 Å². The smallest absolute Gasteiger partial charge is 0.246 e. The van der Waals surface area contributed by atoms with Crippen LogP contribution in [0.3, 0.4) is 0 Å². The Morgan fingerprint density at radius 3 is 2.38 bits per heavy atom. The lowest BCUT2D eigenvalue weighted by atomic mass is 9.85. The van der Waals surface area contributed by atoms with E-state index in [-0.39, 0.29) is 69.1 Å². The van der Waals surface area contributed by atoms with Crippen molar-refractivity contribution in [1.82, 2.24) is 25.8 Å². The normalized spacial score (nSPS) is 19.6. The number of likely N-dealkylation sites (tertiary alicyclic amines) is 1. The molecule has 19 heteroatoms. The number of ether oxygens (including phenoxy) is 1. The van der Waals surface area contributed by atoms with Crippen molar-refractivity contribution in [3.8, 4) is 16.2 Å². The molecule has 3 aromatic carbocycles. The number of β-amino-alcohol motifs (C(OH)–C–C–N with tert-alkyl or cyclic N) is 1. The van der Waals surface area contributed by atoms with Crippen molar-refractivity contribution < 1.29 is 43.0 Å². The zero-order chi connectivity index (χ0) is 51.1. The number of thiazole rings is 1. The van der Waals surface area contributed by atoms with Gasteiger partial charge in [0.25, 0.3) is 0 Å². The van der Waals surface area contributed by atoms with Crippen LogP contribution in [0.25, 0.3) is 10.4 Å². The first kappa shape index (κ1) is 55.4. The lowest BCUT2D eigenvalue weighted by molar-refractivity contribution is -0.144. The first-order valence-corrected chi connectivity index (χ1v) is 25.4. The van der Waals surface area contributed by atoms with Crippen molar-refractivity contribution in [1.29, 1.82) is 0 Å². The number of unbranched alkanes of at least 4 members (excludes halogenated alkanes) is 2. The van der Waals surface area contributed by atoms with Gasteiger partial charge in [0.05, 0.1) is 46.0 Å². The number of aliphatic hydroxyl groups excluding tert-OH is 1. The summed E-state index contributed by atoms with van der Waals surface area (Å²) in [5.74, 6) is -2.52. The van der Waals surface area contributed by atoms with Crippen molar-refractivity contribution in [3.63, 3.8) is 0 Å². The highest BCUT2D eigenvalue weighted by Gasteiger charge is 2.45. The highest BCUT2D eigenvalue weighted by Crippen LogP contribution is 2.39. The van der Waals surface area contributed by atoms with Crippen molar-refractivity contribution in [2.24, 2.45) is 16.9 Å². The second-order valence-electron chi connectivity index (χ2n) is 20.2. The maximum absolute atomic E-state index is 15.1. The van der Waals surface area contributed by atoms with Crippen LogP contribution in [0.2, 0.25) is 0 Å². The van der Waals surface area contributed by atoms with Crippen LogP contribution >= 0.6 is 23.7 Å². The van der Waals surface area contributed by atoms with Gasteiger partial charge >= 0.3 is 0 Å². The molecule has 7 atom stereocenters. The number of aryl methyl sites for hydroxylation is 3. The summed E-state index contributed by atoms with van der Waals surface area (Å²) in [5, 5.41) is 19.6. The number of hydrogen-bond acceptors (Lipinski definition) is 11. The molecule has 1 aromatic heterocycles. The molecule has 0 saturated carbocycles. The highest BCUT2D eigenvalue weighted by atomic mass is 35.5. The minimum absolute atomic E-state index is 0. The van der Waals surface area contributed by atoms with Crippen LogP contribution in [-0.2, 0) is 48.0 Å². The molecule has 388 valence electrons. The maximum atomic E-state index is 15.1. The Kier molecular flexibility index (Phi) is 18.6. The number of primary amides is 1. The molecule has 4 aromatic rings. The summed E-state index contributed by atoms with van der Waals surface area (Å²) in [7, 11) is 0.